The highest BCUT2D eigenvalue weighted by atomic mass is 32.2. The van der Waals surface area contributed by atoms with Gasteiger partial charge in [0, 0.05) is 44.2 Å². The number of aliphatic imine (C=N–C) groups is 1. The Hall–Kier alpha value is -0.970. The van der Waals surface area contributed by atoms with Crippen LogP contribution in [0.2, 0.25) is 0 Å². The monoisotopic (exact) mass is 280 g/mol. The molecule has 0 spiro atoms. The number of hydrogen-bond acceptors (Lipinski definition) is 4. The summed E-state index contributed by atoms with van der Waals surface area (Å²) in [6.45, 7) is 6.46. The van der Waals surface area contributed by atoms with Gasteiger partial charge in [0.25, 0.3) is 0 Å². The third-order valence-electron chi connectivity index (χ3n) is 4.15. The molecule has 0 saturated carbocycles. The summed E-state index contributed by atoms with van der Waals surface area (Å²) in [5, 5.41) is 8.73. The van der Waals surface area contributed by atoms with Crippen molar-refractivity contribution in [2.45, 2.75) is 33.1 Å². The summed E-state index contributed by atoms with van der Waals surface area (Å²) in [6, 6.07) is 2.07. The molecule has 1 aliphatic rings. The van der Waals surface area contributed by atoms with Gasteiger partial charge in [-0.1, -0.05) is 25.6 Å². The van der Waals surface area contributed by atoms with Gasteiger partial charge in [-0.25, -0.2) is 0 Å². The molecule has 1 N–H and O–H groups in total. The predicted molar refractivity (Wildman–Crippen MR) is 82.7 cm³/mol. The van der Waals surface area contributed by atoms with Gasteiger partial charge in [0.15, 0.2) is 5.17 Å². The van der Waals surface area contributed by atoms with E-state index in [2.05, 4.69) is 30.3 Å². The molecule has 0 atom stereocenters. The highest BCUT2D eigenvalue weighted by molar-refractivity contribution is 8.13. The molecule has 0 aromatic carbocycles. The first-order valence-corrected chi connectivity index (χ1v) is 8.05. The van der Waals surface area contributed by atoms with E-state index < -0.39 is 0 Å². The minimum absolute atomic E-state index is 0.428. The number of amidine groups is 1. The first-order valence-electron chi connectivity index (χ1n) is 7.07. The van der Waals surface area contributed by atoms with Gasteiger partial charge in [0.2, 0.25) is 0 Å². The smallest absolute Gasteiger partial charge is 0.156 e. The fourth-order valence-corrected chi connectivity index (χ4v) is 3.58. The van der Waals surface area contributed by atoms with Gasteiger partial charge in [-0.15, -0.1) is 0 Å². The summed E-state index contributed by atoms with van der Waals surface area (Å²) >= 11 is 1.88. The van der Waals surface area contributed by atoms with Crippen LogP contribution >= 0.6 is 11.8 Å². The van der Waals surface area contributed by atoms with Crippen molar-refractivity contribution in [3.8, 4) is 0 Å². The van der Waals surface area contributed by atoms with Crippen LogP contribution in [0.5, 0.6) is 0 Å². The zero-order valence-electron chi connectivity index (χ0n) is 12.1. The SMILES string of the molecule is CCC1(CC)CN=C(NCCc2ccnn2C)SC1. The summed E-state index contributed by atoms with van der Waals surface area (Å²) in [6.07, 6.45) is 5.28. The van der Waals surface area contributed by atoms with Crippen molar-refractivity contribution in [2.24, 2.45) is 17.5 Å². The van der Waals surface area contributed by atoms with E-state index >= 15 is 0 Å². The van der Waals surface area contributed by atoms with Crippen molar-refractivity contribution < 1.29 is 0 Å². The number of rotatable bonds is 5. The van der Waals surface area contributed by atoms with E-state index in [4.69, 9.17) is 4.99 Å². The molecule has 1 aromatic heterocycles. The third kappa shape index (κ3) is 3.53. The van der Waals surface area contributed by atoms with E-state index in [1.807, 2.05) is 29.7 Å². The van der Waals surface area contributed by atoms with Gasteiger partial charge in [-0.3, -0.25) is 9.67 Å². The number of aromatic nitrogens is 2. The maximum absolute atomic E-state index is 4.71. The molecule has 0 unspecified atom stereocenters. The van der Waals surface area contributed by atoms with E-state index in [-0.39, 0.29) is 0 Å². The molecule has 106 valence electrons. The van der Waals surface area contributed by atoms with Crippen LogP contribution in [0.25, 0.3) is 0 Å². The van der Waals surface area contributed by atoms with Crippen LogP contribution in [0.15, 0.2) is 17.3 Å². The third-order valence-corrected chi connectivity index (χ3v) is 5.46. The van der Waals surface area contributed by atoms with Crippen LogP contribution in [0.3, 0.4) is 0 Å². The average molecular weight is 280 g/mol. The van der Waals surface area contributed by atoms with E-state index in [1.165, 1.54) is 24.3 Å². The second kappa shape index (κ2) is 6.46. The highest BCUT2D eigenvalue weighted by Gasteiger charge is 2.29. The van der Waals surface area contributed by atoms with Crippen molar-refractivity contribution in [1.82, 2.24) is 15.1 Å². The van der Waals surface area contributed by atoms with Crippen LogP contribution in [0, 0.1) is 5.41 Å². The molecular weight excluding hydrogens is 256 g/mol. The lowest BCUT2D eigenvalue weighted by molar-refractivity contribution is 0.318. The van der Waals surface area contributed by atoms with Crippen LogP contribution in [0.1, 0.15) is 32.4 Å². The fraction of sp³-hybridized carbons (Fsp3) is 0.714. The first kappa shape index (κ1) is 14.4. The van der Waals surface area contributed by atoms with Gasteiger partial charge in [-0.05, 0) is 24.3 Å². The molecule has 4 nitrogen and oxygen atoms in total. The Balaban J connectivity index is 1.79. The molecule has 0 saturated heterocycles. The van der Waals surface area contributed by atoms with E-state index in [0.717, 1.165) is 24.7 Å². The highest BCUT2D eigenvalue weighted by Crippen LogP contribution is 2.34. The van der Waals surface area contributed by atoms with Crippen molar-refractivity contribution in [2.75, 3.05) is 18.8 Å². The molecule has 2 heterocycles. The summed E-state index contributed by atoms with van der Waals surface area (Å²) in [5.41, 5.74) is 1.68. The molecule has 5 heteroatoms. The Morgan fingerprint density at radius 3 is 2.74 bits per heavy atom. The van der Waals surface area contributed by atoms with E-state index in [0.29, 0.717) is 5.41 Å². The molecule has 0 radical (unpaired) electrons. The lowest BCUT2D eigenvalue weighted by Gasteiger charge is -2.33. The minimum Gasteiger partial charge on any atom is -0.365 e. The quantitative estimate of drug-likeness (QED) is 0.901. The minimum atomic E-state index is 0.428. The molecule has 1 aliphatic heterocycles. The van der Waals surface area contributed by atoms with Crippen molar-refractivity contribution in [3.63, 3.8) is 0 Å². The number of hydrogen-bond donors (Lipinski definition) is 1. The van der Waals surface area contributed by atoms with Gasteiger partial charge in [0.05, 0.1) is 0 Å². The molecule has 1 aromatic rings. The van der Waals surface area contributed by atoms with E-state index in [1.54, 1.807) is 0 Å². The number of aryl methyl sites for hydroxylation is 1. The average Bonchev–Trinajstić information content (AvgIpc) is 2.86. The first-order chi connectivity index (χ1) is 9.19. The Morgan fingerprint density at radius 2 is 2.21 bits per heavy atom. The Kier molecular flexibility index (Phi) is 4.91. The topological polar surface area (TPSA) is 42.2 Å². The summed E-state index contributed by atoms with van der Waals surface area (Å²) < 4.78 is 1.93. The largest absolute Gasteiger partial charge is 0.365 e. The summed E-state index contributed by atoms with van der Waals surface area (Å²) in [5.74, 6) is 1.19. The van der Waals surface area contributed by atoms with Crippen molar-refractivity contribution >= 4 is 16.9 Å². The van der Waals surface area contributed by atoms with Gasteiger partial charge in [0.1, 0.15) is 0 Å². The van der Waals surface area contributed by atoms with Crippen molar-refractivity contribution in [1.29, 1.82) is 0 Å². The molecule has 2 rings (SSSR count). The molecule has 19 heavy (non-hydrogen) atoms. The van der Waals surface area contributed by atoms with Crippen LogP contribution in [-0.4, -0.2) is 33.8 Å². The zero-order chi connectivity index (χ0) is 13.7. The predicted octanol–water partition coefficient (Wildman–Crippen LogP) is 2.46. The van der Waals surface area contributed by atoms with Gasteiger partial charge >= 0.3 is 0 Å². The number of nitrogens with one attached hydrogen (secondary N) is 1. The van der Waals surface area contributed by atoms with Crippen LogP contribution in [0.4, 0.5) is 0 Å². The molecule has 0 aliphatic carbocycles. The lowest BCUT2D eigenvalue weighted by atomic mass is 9.84. The molecule has 0 bridgehead atoms. The van der Waals surface area contributed by atoms with Crippen LogP contribution < -0.4 is 5.32 Å². The van der Waals surface area contributed by atoms with Gasteiger partial charge < -0.3 is 5.32 Å². The summed E-state index contributed by atoms with van der Waals surface area (Å²) in [4.78, 5) is 4.71. The standard InChI is InChI=1S/C14H24N4S/c1-4-14(5-2)10-16-13(19-11-14)15-8-6-12-7-9-17-18(12)3/h7,9H,4-6,8,10-11H2,1-3H3,(H,15,16). The molecule has 0 fully saturated rings. The second-order valence-electron chi connectivity index (χ2n) is 5.24. The van der Waals surface area contributed by atoms with Gasteiger partial charge in [-0.2, -0.15) is 5.10 Å². The van der Waals surface area contributed by atoms with Crippen LogP contribution in [-0.2, 0) is 13.5 Å². The maximum atomic E-state index is 4.71. The maximum Gasteiger partial charge on any atom is 0.156 e. The van der Waals surface area contributed by atoms with Crippen molar-refractivity contribution in [3.05, 3.63) is 18.0 Å². The Bertz CT molecular complexity index is 434. The normalized spacial score (nSPS) is 18.2. The molecule has 0 amide bonds. The second-order valence-corrected chi connectivity index (χ2v) is 6.20. The molecular formula is C14H24N4S. The zero-order valence-corrected chi connectivity index (χ0v) is 13.0. The Morgan fingerprint density at radius 1 is 1.42 bits per heavy atom. The number of nitrogens with zero attached hydrogens (tertiary/aromatic N) is 3. The lowest BCUT2D eigenvalue weighted by Crippen LogP contribution is -2.35. The van der Waals surface area contributed by atoms with E-state index in [9.17, 15) is 0 Å². The number of thioether (sulfide) groups is 1. The summed E-state index contributed by atoms with van der Waals surface area (Å²) in [7, 11) is 1.99. The fourth-order valence-electron chi connectivity index (χ4n) is 2.28. The Labute approximate surface area is 120 Å².